The van der Waals surface area contributed by atoms with E-state index in [9.17, 15) is 0 Å². The average Bonchev–Trinajstić information content (AvgIpc) is 2.51. The average molecular weight is 450 g/mol. The van der Waals surface area contributed by atoms with E-state index in [1.165, 1.54) is 43.4 Å². The number of hydrogen-bond donors (Lipinski definition) is 0. The van der Waals surface area contributed by atoms with E-state index in [0.717, 1.165) is 6.61 Å². The van der Waals surface area contributed by atoms with Crippen molar-refractivity contribution in [3.05, 3.63) is 17.4 Å². The van der Waals surface area contributed by atoms with E-state index in [0.29, 0.717) is 0 Å². The summed E-state index contributed by atoms with van der Waals surface area (Å²) in [6.45, 7) is 0.911. The Kier molecular flexibility index (Phi) is 7.80. The van der Waals surface area contributed by atoms with E-state index >= 15 is 0 Å². The maximum atomic E-state index is 5.03. The van der Waals surface area contributed by atoms with Crippen LogP contribution in [0.4, 0.5) is 0 Å². The molecule has 1 aromatic heterocycles. The predicted octanol–water partition coefficient (Wildman–Crippen LogP) is 4.71. The van der Waals surface area contributed by atoms with Gasteiger partial charge in [0.05, 0.1) is 5.77 Å². The van der Waals surface area contributed by atoms with Crippen molar-refractivity contribution < 1.29 is 4.74 Å². The quantitative estimate of drug-likeness (QED) is 0.432. The van der Waals surface area contributed by atoms with Crippen LogP contribution in [0.1, 0.15) is 31.2 Å². The first kappa shape index (κ1) is 14.2. The third kappa shape index (κ3) is 5.83. The topological polar surface area (TPSA) is 9.23 Å². The molecular formula is C11H16I2OS. The second-order valence-corrected chi connectivity index (χ2v) is 8.26. The van der Waals surface area contributed by atoms with Crippen molar-refractivity contribution in [1.82, 2.24) is 0 Å². The van der Waals surface area contributed by atoms with Gasteiger partial charge in [-0.15, -0.1) is 11.3 Å². The summed E-state index contributed by atoms with van der Waals surface area (Å²) in [5.74, 6) is 0. The van der Waals surface area contributed by atoms with Gasteiger partial charge in [0, 0.05) is 13.7 Å². The Bertz CT molecular complexity index is 286. The van der Waals surface area contributed by atoms with Crippen molar-refractivity contribution in [3.63, 3.8) is 0 Å². The summed E-state index contributed by atoms with van der Waals surface area (Å²) in [7, 11) is 1.77. The summed E-state index contributed by atoms with van der Waals surface area (Å²) in [4.78, 5) is 0. The maximum absolute atomic E-state index is 5.03. The fourth-order valence-corrected chi connectivity index (χ4v) is 5.56. The highest BCUT2D eigenvalue weighted by atomic mass is 127. The molecule has 0 spiro atoms. The smallest absolute Gasteiger partial charge is 0.0696 e. The number of aryl methyl sites for hydroxylation is 1. The molecule has 86 valence electrons. The highest BCUT2D eigenvalue weighted by Crippen LogP contribution is 2.26. The molecule has 0 N–H and O–H groups in total. The van der Waals surface area contributed by atoms with Crippen molar-refractivity contribution in [2.45, 2.75) is 32.1 Å². The summed E-state index contributed by atoms with van der Waals surface area (Å²) >= 11 is 6.75. The SMILES string of the molecule is COCCCCCCc1cc(I)sc1I. The van der Waals surface area contributed by atoms with E-state index < -0.39 is 0 Å². The fraction of sp³-hybridized carbons (Fsp3) is 0.636. The van der Waals surface area contributed by atoms with Gasteiger partial charge in [-0.2, -0.15) is 0 Å². The molecule has 1 heterocycles. The normalized spacial score (nSPS) is 10.9. The molecule has 1 nitrogen and oxygen atoms in total. The Morgan fingerprint density at radius 3 is 2.53 bits per heavy atom. The molecule has 0 aliphatic heterocycles. The second kappa shape index (κ2) is 8.25. The van der Waals surface area contributed by atoms with Crippen molar-refractivity contribution in [2.75, 3.05) is 13.7 Å². The van der Waals surface area contributed by atoms with Crippen LogP contribution in [0.15, 0.2) is 6.07 Å². The lowest BCUT2D eigenvalue weighted by atomic mass is 10.1. The maximum Gasteiger partial charge on any atom is 0.0696 e. The number of rotatable bonds is 7. The molecule has 4 heteroatoms. The van der Waals surface area contributed by atoms with Crippen LogP contribution in [0.25, 0.3) is 0 Å². The molecule has 0 aliphatic rings. The number of unbranched alkanes of at least 4 members (excludes halogenated alkanes) is 3. The zero-order valence-corrected chi connectivity index (χ0v) is 14.0. The summed E-state index contributed by atoms with van der Waals surface area (Å²) in [5, 5.41) is 0. The fourth-order valence-electron chi connectivity index (χ4n) is 1.46. The minimum atomic E-state index is 0.911. The Balaban J connectivity index is 2.12. The van der Waals surface area contributed by atoms with E-state index in [2.05, 4.69) is 51.2 Å². The molecule has 0 atom stereocenters. The lowest BCUT2D eigenvalue weighted by molar-refractivity contribution is 0.192. The molecule has 1 rings (SSSR count). The minimum absolute atomic E-state index is 0.911. The Labute approximate surface area is 123 Å². The van der Waals surface area contributed by atoms with Crippen molar-refractivity contribution in [1.29, 1.82) is 0 Å². The van der Waals surface area contributed by atoms with Gasteiger partial charge in [-0.25, -0.2) is 0 Å². The lowest BCUT2D eigenvalue weighted by Crippen LogP contribution is -1.90. The molecule has 1 aromatic rings. The largest absolute Gasteiger partial charge is 0.385 e. The van der Waals surface area contributed by atoms with E-state index in [-0.39, 0.29) is 0 Å². The van der Waals surface area contributed by atoms with Gasteiger partial charge < -0.3 is 4.74 Å². The van der Waals surface area contributed by atoms with Crippen LogP contribution in [0, 0.1) is 5.77 Å². The molecule has 15 heavy (non-hydrogen) atoms. The van der Waals surface area contributed by atoms with Crippen molar-refractivity contribution in [3.8, 4) is 0 Å². The monoisotopic (exact) mass is 450 g/mol. The van der Waals surface area contributed by atoms with Crippen LogP contribution in [0.3, 0.4) is 0 Å². The van der Waals surface area contributed by atoms with Crippen LogP contribution in [0.5, 0.6) is 0 Å². The van der Waals surface area contributed by atoms with Crippen LogP contribution in [0.2, 0.25) is 0 Å². The van der Waals surface area contributed by atoms with Gasteiger partial charge in [0.15, 0.2) is 0 Å². The molecule has 0 bridgehead atoms. The van der Waals surface area contributed by atoms with Gasteiger partial charge in [0.2, 0.25) is 0 Å². The first-order valence-electron chi connectivity index (χ1n) is 5.16. The van der Waals surface area contributed by atoms with Crippen molar-refractivity contribution >= 4 is 56.5 Å². The zero-order chi connectivity index (χ0) is 11.1. The Morgan fingerprint density at radius 2 is 1.93 bits per heavy atom. The molecule has 0 amide bonds. The number of methoxy groups -OCH3 is 1. The van der Waals surface area contributed by atoms with E-state index in [1.807, 2.05) is 11.3 Å². The Hall–Kier alpha value is 1.12. The molecule has 0 aromatic carbocycles. The third-order valence-corrected chi connectivity index (χ3v) is 5.35. The minimum Gasteiger partial charge on any atom is -0.385 e. The van der Waals surface area contributed by atoms with E-state index in [1.54, 1.807) is 7.11 Å². The van der Waals surface area contributed by atoms with E-state index in [4.69, 9.17) is 4.74 Å². The number of hydrogen-bond acceptors (Lipinski definition) is 2. The standard InChI is InChI=1S/C11H16I2OS/c1-14-7-5-3-2-4-6-9-8-10(12)15-11(9)13/h8H,2-7H2,1H3. The highest BCUT2D eigenvalue weighted by Gasteiger charge is 2.04. The predicted molar refractivity (Wildman–Crippen MR) is 83.8 cm³/mol. The van der Waals surface area contributed by atoms with Gasteiger partial charge in [-0.1, -0.05) is 12.8 Å². The van der Waals surface area contributed by atoms with Crippen LogP contribution < -0.4 is 0 Å². The molecule has 0 unspecified atom stereocenters. The van der Waals surface area contributed by atoms with Crippen molar-refractivity contribution in [2.24, 2.45) is 0 Å². The van der Waals surface area contributed by atoms with Crippen LogP contribution >= 0.6 is 56.5 Å². The van der Waals surface area contributed by atoms with Gasteiger partial charge in [0.25, 0.3) is 0 Å². The number of thiophene rings is 1. The highest BCUT2D eigenvalue weighted by molar-refractivity contribution is 14.1. The summed E-state index contributed by atoms with van der Waals surface area (Å²) in [6, 6.07) is 2.32. The van der Waals surface area contributed by atoms with Gasteiger partial charge in [0.1, 0.15) is 0 Å². The molecule has 0 fully saturated rings. The van der Waals surface area contributed by atoms with Crippen LogP contribution in [-0.2, 0) is 11.2 Å². The second-order valence-electron chi connectivity index (χ2n) is 3.51. The first-order valence-corrected chi connectivity index (χ1v) is 8.14. The third-order valence-electron chi connectivity index (χ3n) is 2.27. The molecule has 0 saturated heterocycles. The zero-order valence-electron chi connectivity index (χ0n) is 8.89. The molecule has 0 saturated carbocycles. The molecule has 0 radical (unpaired) electrons. The number of ether oxygens (including phenoxy) is 1. The summed E-state index contributed by atoms with van der Waals surface area (Å²) in [5.41, 5.74) is 1.54. The number of halogens is 2. The molecular weight excluding hydrogens is 434 g/mol. The van der Waals surface area contributed by atoms with Gasteiger partial charge in [-0.3, -0.25) is 0 Å². The van der Waals surface area contributed by atoms with Gasteiger partial charge >= 0.3 is 0 Å². The first-order chi connectivity index (χ1) is 7.24. The summed E-state index contributed by atoms with van der Waals surface area (Å²) in [6.07, 6.45) is 6.38. The summed E-state index contributed by atoms with van der Waals surface area (Å²) < 4.78 is 7.90. The molecule has 0 aliphatic carbocycles. The Morgan fingerprint density at radius 1 is 1.20 bits per heavy atom. The lowest BCUT2D eigenvalue weighted by Gasteiger charge is -2.00. The van der Waals surface area contributed by atoms with Gasteiger partial charge in [-0.05, 0) is 76.1 Å². The van der Waals surface area contributed by atoms with Crippen LogP contribution in [-0.4, -0.2) is 13.7 Å².